The van der Waals surface area contributed by atoms with Crippen molar-refractivity contribution >= 4 is 11.9 Å². The minimum atomic E-state index is -0.0456. The van der Waals surface area contributed by atoms with Crippen molar-refractivity contribution in [3.63, 3.8) is 0 Å². The summed E-state index contributed by atoms with van der Waals surface area (Å²) < 4.78 is 0. The van der Waals surface area contributed by atoms with Gasteiger partial charge in [0.05, 0.1) is 6.54 Å². The highest BCUT2D eigenvalue weighted by Gasteiger charge is 2.12. The third-order valence-electron chi connectivity index (χ3n) is 4.84. The number of rotatable bonds is 12. The summed E-state index contributed by atoms with van der Waals surface area (Å²) in [6.07, 6.45) is 2.76. The van der Waals surface area contributed by atoms with Gasteiger partial charge in [-0.2, -0.15) is 0 Å². The molecule has 6 heteroatoms. The summed E-state index contributed by atoms with van der Waals surface area (Å²) in [7, 11) is 0. The van der Waals surface area contributed by atoms with Crippen molar-refractivity contribution in [2.45, 2.75) is 66.5 Å². The molecule has 6 nitrogen and oxygen atoms in total. The fourth-order valence-electron chi connectivity index (χ4n) is 3.13. The zero-order valence-electron chi connectivity index (χ0n) is 18.8. The van der Waals surface area contributed by atoms with E-state index in [1.807, 2.05) is 38.1 Å². The molecule has 0 aliphatic rings. The van der Waals surface area contributed by atoms with Gasteiger partial charge in [-0.15, -0.1) is 0 Å². The van der Waals surface area contributed by atoms with Crippen molar-refractivity contribution in [3.8, 4) is 0 Å². The number of aliphatic hydroxyl groups is 1. The summed E-state index contributed by atoms with van der Waals surface area (Å²) >= 11 is 0. The van der Waals surface area contributed by atoms with Crippen LogP contribution in [0.25, 0.3) is 0 Å². The van der Waals surface area contributed by atoms with Crippen LogP contribution in [0, 0.1) is 11.8 Å². The predicted octanol–water partition coefficient (Wildman–Crippen LogP) is 3.31. The second kappa shape index (κ2) is 14.0. The molecule has 0 spiro atoms. The summed E-state index contributed by atoms with van der Waals surface area (Å²) in [6, 6.07) is 7.78. The molecule has 1 aromatic carbocycles. The van der Waals surface area contributed by atoms with Gasteiger partial charge < -0.3 is 21.1 Å². The van der Waals surface area contributed by atoms with Crippen molar-refractivity contribution in [1.29, 1.82) is 0 Å². The Morgan fingerprint density at radius 3 is 2.55 bits per heavy atom. The van der Waals surface area contributed by atoms with E-state index in [4.69, 9.17) is 0 Å². The molecule has 0 bridgehead atoms. The average molecular weight is 405 g/mol. The number of aliphatic hydroxyl groups excluding tert-OH is 1. The molecular weight excluding hydrogens is 364 g/mol. The van der Waals surface area contributed by atoms with E-state index in [9.17, 15) is 9.90 Å². The third kappa shape index (κ3) is 10.3. The van der Waals surface area contributed by atoms with Gasteiger partial charge >= 0.3 is 0 Å². The van der Waals surface area contributed by atoms with Crippen LogP contribution < -0.4 is 16.0 Å². The summed E-state index contributed by atoms with van der Waals surface area (Å²) in [6.45, 7) is 12.8. The maximum atomic E-state index is 12.3. The first-order valence-corrected chi connectivity index (χ1v) is 10.9. The van der Waals surface area contributed by atoms with Gasteiger partial charge in [-0.25, -0.2) is 4.99 Å². The number of nitrogens with one attached hydrogen (secondary N) is 3. The lowest BCUT2D eigenvalue weighted by atomic mass is 9.94. The molecule has 164 valence electrons. The van der Waals surface area contributed by atoms with Crippen LogP contribution in [0.2, 0.25) is 0 Å². The van der Waals surface area contributed by atoms with Gasteiger partial charge in [0.15, 0.2) is 5.96 Å². The number of amides is 1. The molecular formula is C23H40N4O2. The topological polar surface area (TPSA) is 85.8 Å². The molecule has 0 radical (unpaired) electrons. The number of carbonyl (C=O) groups excluding carboxylic acids is 1. The Morgan fingerprint density at radius 2 is 1.93 bits per heavy atom. The largest absolute Gasteiger partial charge is 0.396 e. The summed E-state index contributed by atoms with van der Waals surface area (Å²) in [5.74, 6) is 1.72. The third-order valence-corrected chi connectivity index (χ3v) is 4.84. The Hall–Kier alpha value is -2.08. The fourth-order valence-corrected chi connectivity index (χ4v) is 3.13. The van der Waals surface area contributed by atoms with E-state index in [1.165, 1.54) is 0 Å². The smallest absolute Gasteiger partial charge is 0.251 e. The summed E-state index contributed by atoms with van der Waals surface area (Å²) in [5.41, 5.74) is 1.66. The molecule has 0 aliphatic heterocycles. The zero-order valence-corrected chi connectivity index (χ0v) is 18.8. The van der Waals surface area contributed by atoms with Crippen molar-refractivity contribution in [3.05, 3.63) is 35.4 Å². The molecule has 1 rings (SSSR count). The highest BCUT2D eigenvalue weighted by molar-refractivity contribution is 5.94. The van der Waals surface area contributed by atoms with Crippen LogP contribution in [0.3, 0.4) is 0 Å². The number of hydrogen-bond donors (Lipinski definition) is 4. The number of guanidine groups is 1. The van der Waals surface area contributed by atoms with Crippen molar-refractivity contribution in [2.75, 3.05) is 19.7 Å². The van der Waals surface area contributed by atoms with Crippen LogP contribution in [0.1, 0.15) is 69.8 Å². The van der Waals surface area contributed by atoms with Crippen molar-refractivity contribution in [2.24, 2.45) is 16.8 Å². The van der Waals surface area contributed by atoms with Crippen LogP contribution in [-0.4, -0.2) is 42.7 Å². The Bertz CT molecular complexity index is 631. The summed E-state index contributed by atoms with van der Waals surface area (Å²) in [5, 5.41) is 19.0. The van der Waals surface area contributed by atoms with Gasteiger partial charge in [0, 0.05) is 31.3 Å². The van der Waals surface area contributed by atoms with E-state index in [0.717, 1.165) is 43.9 Å². The molecule has 0 aliphatic carbocycles. The number of aliphatic imine (C=N–C) groups is 1. The van der Waals surface area contributed by atoms with Gasteiger partial charge in [0.25, 0.3) is 5.91 Å². The van der Waals surface area contributed by atoms with E-state index < -0.39 is 0 Å². The van der Waals surface area contributed by atoms with Gasteiger partial charge in [-0.3, -0.25) is 4.79 Å². The molecule has 0 saturated heterocycles. The van der Waals surface area contributed by atoms with Gasteiger partial charge in [-0.1, -0.05) is 32.9 Å². The Labute approximate surface area is 176 Å². The van der Waals surface area contributed by atoms with E-state index >= 15 is 0 Å². The monoisotopic (exact) mass is 404 g/mol. The molecule has 1 amide bonds. The minimum Gasteiger partial charge on any atom is -0.396 e. The quantitative estimate of drug-likeness (QED) is 0.318. The Kier molecular flexibility index (Phi) is 12.0. The molecule has 0 saturated carbocycles. The fraction of sp³-hybridized carbons (Fsp3) is 0.652. The highest BCUT2D eigenvalue weighted by atomic mass is 16.3. The molecule has 0 aromatic heterocycles. The Balaban J connectivity index is 2.75. The Morgan fingerprint density at radius 1 is 1.17 bits per heavy atom. The minimum absolute atomic E-state index is 0.0456. The second-order valence-electron chi connectivity index (χ2n) is 8.07. The lowest BCUT2D eigenvalue weighted by molar-refractivity contribution is 0.0939. The van der Waals surface area contributed by atoms with Crippen LogP contribution in [-0.2, 0) is 6.54 Å². The molecule has 1 aromatic rings. The SMILES string of the molecule is CCNC(=NCc1cccc(C(=O)NC(C)CC)c1)NCC(CCO)CC(C)C. The molecule has 0 heterocycles. The lowest BCUT2D eigenvalue weighted by Gasteiger charge is -2.20. The number of benzene rings is 1. The van der Waals surface area contributed by atoms with Crippen molar-refractivity contribution < 1.29 is 9.90 Å². The highest BCUT2D eigenvalue weighted by Crippen LogP contribution is 2.14. The predicted molar refractivity (Wildman–Crippen MR) is 121 cm³/mol. The van der Waals surface area contributed by atoms with Gasteiger partial charge in [-0.05, 0) is 62.6 Å². The van der Waals surface area contributed by atoms with Crippen LogP contribution in [0.4, 0.5) is 0 Å². The average Bonchev–Trinajstić information content (AvgIpc) is 2.69. The van der Waals surface area contributed by atoms with E-state index in [2.05, 4.69) is 41.7 Å². The molecule has 2 atom stereocenters. The van der Waals surface area contributed by atoms with Crippen LogP contribution >= 0.6 is 0 Å². The van der Waals surface area contributed by atoms with Crippen molar-refractivity contribution in [1.82, 2.24) is 16.0 Å². The second-order valence-corrected chi connectivity index (χ2v) is 8.07. The molecule has 0 fully saturated rings. The first-order chi connectivity index (χ1) is 13.9. The number of nitrogens with zero attached hydrogens (tertiary/aromatic N) is 1. The molecule has 29 heavy (non-hydrogen) atoms. The van der Waals surface area contributed by atoms with E-state index in [-0.39, 0.29) is 18.6 Å². The maximum absolute atomic E-state index is 12.3. The maximum Gasteiger partial charge on any atom is 0.251 e. The molecule has 2 unspecified atom stereocenters. The van der Waals surface area contributed by atoms with Gasteiger partial charge in [0.1, 0.15) is 0 Å². The van der Waals surface area contributed by atoms with E-state index in [1.54, 1.807) is 0 Å². The lowest BCUT2D eigenvalue weighted by Crippen LogP contribution is -2.40. The van der Waals surface area contributed by atoms with E-state index in [0.29, 0.717) is 23.9 Å². The standard InChI is InChI=1S/C23H40N4O2/c1-6-18(5)27-22(29)21-10-8-9-19(14-21)15-25-23(24-7-2)26-16-20(11-12-28)13-17(3)4/h8-10,14,17-18,20,28H,6-7,11-13,15-16H2,1-5H3,(H,27,29)(H2,24,25,26). The first kappa shape index (κ1) is 25.0. The number of hydrogen-bond acceptors (Lipinski definition) is 3. The summed E-state index contributed by atoms with van der Waals surface area (Å²) in [4.78, 5) is 17.0. The first-order valence-electron chi connectivity index (χ1n) is 10.9. The number of carbonyl (C=O) groups is 1. The van der Waals surface area contributed by atoms with Crippen LogP contribution in [0.5, 0.6) is 0 Å². The normalized spacial score (nSPS) is 13.8. The molecule has 4 N–H and O–H groups in total. The van der Waals surface area contributed by atoms with Gasteiger partial charge in [0.2, 0.25) is 0 Å². The zero-order chi connectivity index (χ0) is 21.6. The van der Waals surface area contributed by atoms with Crippen LogP contribution in [0.15, 0.2) is 29.3 Å².